The molecular weight excluding hydrogens is 447 g/mol. The van der Waals surface area contributed by atoms with Gasteiger partial charge in [0.25, 0.3) is 0 Å². The predicted molar refractivity (Wildman–Crippen MR) is 129 cm³/mol. The SMILES string of the molecule is CCCCOC(=O)N1CCN(c2nnc(Cc3ccccc3)c3cc(Cl)c(Cl)cc23)CC1. The monoisotopic (exact) mass is 472 g/mol. The number of halogens is 2. The highest BCUT2D eigenvalue weighted by atomic mass is 35.5. The first-order valence-electron chi connectivity index (χ1n) is 10.9. The van der Waals surface area contributed by atoms with E-state index >= 15 is 0 Å². The minimum atomic E-state index is -0.248. The number of carbonyl (C=O) groups excluding carboxylic acids is 1. The molecule has 3 aromatic rings. The highest BCUT2D eigenvalue weighted by Crippen LogP contribution is 2.34. The second kappa shape index (κ2) is 10.4. The Morgan fingerprint density at radius 3 is 2.38 bits per heavy atom. The number of fused-ring (bicyclic) bond motifs is 1. The summed E-state index contributed by atoms with van der Waals surface area (Å²) in [5, 5.41) is 12.0. The summed E-state index contributed by atoms with van der Waals surface area (Å²) in [4.78, 5) is 16.1. The van der Waals surface area contributed by atoms with Crippen LogP contribution in [0.2, 0.25) is 10.0 Å². The molecule has 8 heteroatoms. The molecule has 1 saturated heterocycles. The van der Waals surface area contributed by atoms with Crippen molar-refractivity contribution in [2.45, 2.75) is 26.2 Å². The summed E-state index contributed by atoms with van der Waals surface area (Å²) >= 11 is 12.7. The van der Waals surface area contributed by atoms with Gasteiger partial charge in [-0.1, -0.05) is 66.9 Å². The average Bonchev–Trinajstić information content (AvgIpc) is 2.81. The van der Waals surface area contributed by atoms with Crippen LogP contribution in [0.4, 0.5) is 10.6 Å². The number of rotatable bonds is 6. The number of aromatic nitrogens is 2. The molecule has 0 spiro atoms. The number of piperazine rings is 1. The number of hydrogen-bond acceptors (Lipinski definition) is 5. The second-order valence-corrected chi connectivity index (χ2v) is 8.70. The molecule has 32 heavy (non-hydrogen) atoms. The van der Waals surface area contributed by atoms with Gasteiger partial charge in [-0.3, -0.25) is 0 Å². The van der Waals surface area contributed by atoms with Crippen molar-refractivity contribution in [2.24, 2.45) is 0 Å². The molecule has 1 aliphatic rings. The van der Waals surface area contributed by atoms with Gasteiger partial charge in [0.1, 0.15) is 0 Å². The average molecular weight is 473 g/mol. The summed E-state index contributed by atoms with van der Waals surface area (Å²) in [5.74, 6) is 0.759. The number of amides is 1. The molecule has 1 aliphatic heterocycles. The van der Waals surface area contributed by atoms with Crippen LogP contribution in [-0.4, -0.2) is 54.0 Å². The smallest absolute Gasteiger partial charge is 0.409 e. The lowest BCUT2D eigenvalue weighted by Crippen LogP contribution is -2.49. The topological polar surface area (TPSA) is 58.6 Å². The van der Waals surface area contributed by atoms with Gasteiger partial charge in [-0.2, -0.15) is 5.10 Å². The van der Waals surface area contributed by atoms with E-state index < -0.39 is 0 Å². The molecule has 0 N–H and O–H groups in total. The summed E-state index contributed by atoms with van der Waals surface area (Å²) in [7, 11) is 0. The van der Waals surface area contributed by atoms with Crippen molar-refractivity contribution in [3.8, 4) is 0 Å². The first-order chi connectivity index (χ1) is 15.6. The van der Waals surface area contributed by atoms with Gasteiger partial charge in [-0.05, 0) is 24.1 Å². The van der Waals surface area contributed by atoms with Crippen molar-refractivity contribution in [1.82, 2.24) is 15.1 Å². The summed E-state index contributed by atoms with van der Waals surface area (Å²) in [6.07, 6.45) is 2.29. The Balaban J connectivity index is 1.57. The predicted octanol–water partition coefficient (Wildman–Crippen LogP) is 5.59. The minimum absolute atomic E-state index is 0.248. The van der Waals surface area contributed by atoms with E-state index in [2.05, 4.69) is 34.2 Å². The van der Waals surface area contributed by atoms with Crippen molar-refractivity contribution in [3.05, 3.63) is 63.8 Å². The summed E-state index contributed by atoms with van der Waals surface area (Å²) in [6, 6.07) is 13.9. The van der Waals surface area contributed by atoms with Crippen LogP contribution in [0.3, 0.4) is 0 Å². The van der Waals surface area contributed by atoms with Crippen LogP contribution in [0.15, 0.2) is 42.5 Å². The van der Waals surface area contributed by atoms with Crippen LogP contribution >= 0.6 is 23.2 Å². The number of nitrogens with zero attached hydrogens (tertiary/aromatic N) is 4. The molecule has 1 amide bonds. The molecule has 168 valence electrons. The van der Waals surface area contributed by atoms with Crippen LogP contribution in [0, 0.1) is 0 Å². The number of ether oxygens (including phenoxy) is 1. The molecule has 4 rings (SSSR count). The normalized spacial score (nSPS) is 14.1. The maximum absolute atomic E-state index is 12.3. The van der Waals surface area contributed by atoms with Gasteiger partial charge in [-0.25, -0.2) is 4.79 Å². The molecule has 0 unspecified atom stereocenters. The molecule has 0 atom stereocenters. The van der Waals surface area contributed by atoms with E-state index in [0.29, 0.717) is 49.3 Å². The number of benzene rings is 2. The van der Waals surface area contributed by atoms with Crippen LogP contribution < -0.4 is 4.90 Å². The van der Waals surface area contributed by atoms with E-state index in [0.717, 1.165) is 40.7 Å². The molecular formula is C24H26Cl2N4O2. The summed E-state index contributed by atoms with van der Waals surface area (Å²) in [6.45, 7) is 4.97. The van der Waals surface area contributed by atoms with Crippen LogP contribution in [0.1, 0.15) is 31.0 Å². The van der Waals surface area contributed by atoms with Crippen molar-refractivity contribution in [1.29, 1.82) is 0 Å². The zero-order valence-corrected chi connectivity index (χ0v) is 19.6. The molecule has 1 fully saturated rings. The third-order valence-electron chi connectivity index (χ3n) is 5.65. The maximum Gasteiger partial charge on any atom is 0.409 e. The van der Waals surface area contributed by atoms with Crippen LogP contribution in [0.25, 0.3) is 10.8 Å². The molecule has 1 aromatic heterocycles. The Labute approximate surface area is 198 Å². The third kappa shape index (κ3) is 5.08. The summed E-state index contributed by atoms with van der Waals surface area (Å²) < 4.78 is 5.34. The minimum Gasteiger partial charge on any atom is -0.449 e. The van der Waals surface area contributed by atoms with Crippen molar-refractivity contribution in [3.63, 3.8) is 0 Å². The molecule has 0 radical (unpaired) electrons. The van der Waals surface area contributed by atoms with Gasteiger partial charge in [0, 0.05) is 43.4 Å². The van der Waals surface area contributed by atoms with Crippen molar-refractivity contribution < 1.29 is 9.53 Å². The van der Waals surface area contributed by atoms with Gasteiger partial charge in [0.2, 0.25) is 0 Å². The number of carbonyl (C=O) groups is 1. The van der Waals surface area contributed by atoms with Crippen molar-refractivity contribution in [2.75, 3.05) is 37.7 Å². The standard InChI is InChI=1S/C24H26Cl2N4O2/c1-2-3-13-32-24(31)30-11-9-29(10-12-30)23-19-16-21(26)20(25)15-18(19)22(27-28-23)14-17-7-5-4-6-8-17/h4-8,15-16H,2-3,9-14H2,1H3. The lowest BCUT2D eigenvalue weighted by atomic mass is 10.0. The Hall–Kier alpha value is -2.57. The van der Waals surface area contributed by atoms with Gasteiger partial charge in [-0.15, -0.1) is 5.10 Å². The fraction of sp³-hybridized carbons (Fsp3) is 0.375. The fourth-order valence-corrected chi connectivity index (χ4v) is 4.16. The Kier molecular flexibility index (Phi) is 7.33. The molecule has 2 aromatic carbocycles. The first kappa shape index (κ1) is 22.6. The van der Waals surface area contributed by atoms with E-state index in [1.165, 1.54) is 0 Å². The molecule has 0 aliphatic carbocycles. The molecule has 0 bridgehead atoms. The van der Waals surface area contributed by atoms with Crippen LogP contribution in [0.5, 0.6) is 0 Å². The first-order valence-corrected chi connectivity index (χ1v) is 11.7. The fourth-order valence-electron chi connectivity index (χ4n) is 3.84. The van der Waals surface area contributed by atoms with Crippen LogP contribution in [-0.2, 0) is 11.2 Å². The number of unbranched alkanes of at least 4 members (excludes halogenated alkanes) is 1. The van der Waals surface area contributed by atoms with Crippen molar-refractivity contribution >= 4 is 45.9 Å². The second-order valence-electron chi connectivity index (χ2n) is 7.89. The molecule has 0 saturated carbocycles. The highest BCUT2D eigenvalue weighted by Gasteiger charge is 2.25. The van der Waals surface area contributed by atoms with E-state index in [-0.39, 0.29) is 6.09 Å². The zero-order valence-electron chi connectivity index (χ0n) is 18.1. The van der Waals surface area contributed by atoms with E-state index in [9.17, 15) is 4.79 Å². The number of anilines is 1. The number of hydrogen-bond donors (Lipinski definition) is 0. The van der Waals surface area contributed by atoms with Gasteiger partial charge in [0.15, 0.2) is 5.82 Å². The molecule has 6 nitrogen and oxygen atoms in total. The lowest BCUT2D eigenvalue weighted by molar-refractivity contribution is 0.0989. The van der Waals surface area contributed by atoms with E-state index in [4.69, 9.17) is 27.9 Å². The largest absolute Gasteiger partial charge is 0.449 e. The lowest BCUT2D eigenvalue weighted by Gasteiger charge is -2.35. The maximum atomic E-state index is 12.3. The van der Waals surface area contributed by atoms with Gasteiger partial charge in [0.05, 0.1) is 22.3 Å². The summed E-state index contributed by atoms with van der Waals surface area (Å²) in [5.41, 5.74) is 2.00. The third-order valence-corrected chi connectivity index (χ3v) is 6.38. The Bertz CT molecular complexity index is 1090. The highest BCUT2D eigenvalue weighted by molar-refractivity contribution is 6.43. The van der Waals surface area contributed by atoms with E-state index in [1.54, 1.807) is 4.90 Å². The Morgan fingerprint density at radius 1 is 1.00 bits per heavy atom. The Morgan fingerprint density at radius 2 is 1.69 bits per heavy atom. The molecule has 2 heterocycles. The zero-order chi connectivity index (χ0) is 22.5. The van der Waals surface area contributed by atoms with E-state index in [1.807, 2.05) is 30.3 Å². The van der Waals surface area contributed by atoms with Gasteiger partial charge >= 0.3 is 6.09 Å². The quantitative estimate of drug-likeness (QED) is 0.437. The van der Waals surface area contributed by atoms with Gasteiger partial charge < -0.3 is 14.5 Å².